The molecule has 0 spiro atoms. The van der Waals surface area contributed by atoms with Crippen LogP contribution in [-0.4, -0.2) is 32.6 Å². The molecular formula is C21H19N5O3. The number of aryl methyl sites for hydroxylation is 1. The average Bonchev–Trinajstić information content (AvgIpc) is 3.02. The Bertz CT molecular complexity index is 1200. The number of imidazole rings is 1. The summed E-state index contributed by atoms with van der Waals surface area (Å²) < 4.78 is 7.80. The maximum Gasteiger partial charge on any atom is 0.269 e. The summed E-state index contributed by atoms with van der Waals surface area (Å²) >= 11 is 0. The molecule has 1 amide bonds. The van der Waals surface area contributed by atoms with Crippen LogP contribution in [0.25, 0.3) is 11.0 Å². The third-order valence-corrected chi connectivity index (χ3v) is 4.38. The Hall–Kier alpha value is -4.07. The number of amides is 1. The van der Waals surface area contributed by atoms with Crippen molar-refractivity contribution in [2.24, 2.45) is 7.05 Å². The monoisotopic (exact) mass is 389 g/mol. The van der Waals surface area contributed by atoms with E-state index in [1.165, 1.54) is 6.20 Å². The van der Waals surface area contributed by atoms with Crippen molar-refractivity contribution >= 4 is 28.6 Å². The van der Waals surface area contributed by atoms with Gasteiger partial charge in [0.25, 0.3) is 5.91 Å². The Morgan fingerprint density at radius 2 is 1.93 bits per heavy atom. The van der Waals surface area contributed by atoms with Gasteiger partial charge in [-0.15, -0.1) is 0 Å². The number of carbonyl (C=O) groups is 1. The molecule has 0 aliphatic carbocycles. The van der Waals surface area contributed by atoms with E-state index in [2.05, 4.69) is 20.6 Å². The predicted octanol–water partition coefficient (Wildman–Crippen LogP) is 3.57. The first kappa shape index (κ1) is 18.3. The number of phenols is 1. The third kappa shape index (κ3) is 3.81. The van der Waals surface area contributed by atoms with Crippen LogP contribution < -0.4 is 15.4 Å². The van der Waals surface area contributed by atoms with Gasteiger partial charge in [-0.1, -0.05) is 6.07 Å². The lowest BCUT2D eigenvalue weighted by Gasteiger charge is -2.07. The van der Waals surface area contributed by atoms with Crippen molar-refractivity contribution in [3.63, 3.8) is 0 Å². The molecule has 0 unspecified atom stereocenters. The number of pyridine rings is 1. The second kappa shape index (κ2) is 7.51. The van der Waals surface area contributed by atoms with Crippen molar-refractivity contribution in [3.05, 3.63) is 66.5 Å². The third-order valence-electron chi connectivity index (χ3n) is 4.38. The molecule has 8 nitrogen and oxygen atoms in total. The van der Waals surface area contributed by atoms with Crippen molar-refractivity contribution in [2.75, 3.05) is 12.4 Å². The number of hydrogen-bond acceptors (Lipinski definition) is 6. The molecule has 146 valence electrons. The van der Waals surface area contributed by atoms with E-state index in [4.69, 9.17) is 4.74 Å². The molecule has 2 aromatic carbocycles. The summed E-state index contributed by atoms with van der Waals surface area (Å²) in [6.07, 6.45) is 1.52. The van der Waals surface area contributed by atoms with Gasteiger partial charge in [0.1, 0.15) is 22.9 Å². The quantitative estimate of drug-likeness (QED) is 0.482. The van der Waals surface area contributed by atoms with Gasteiger partial charge in [-0.3, -0.25) is 9.78 Å². The van der Waals surface area contributed by atoms with Crippen LogP contribution in [0, 0.1) is 0 Å². The zero-order chi connectivity index (χ0) is 20.4. The predicted molar refractivity (Wildman–Crippen MR) is 110 cm³/mol. The number of aromatic nitrogens is 3. The lowest BCUT2D eigenvalue weighted by Crippen LogP contribution is -2.18. The van der Waals surface area contributed by atoms with Crippen molar-refractivity contribution in [1.82, 2.24) is 19.9 Å². The first-order valence-electron chi connectivity index (χ1n) is 8.92. The van der Waals surface area contributed by atoms with Gasteiger partial charge in [0.2, 0.25) is 5.95 Å². The number of carbonyl (C=O) groups excluding carboxylic acids is 1. The lowest BCUT2D eigenvalue weighted by atomic mass is 10.3. The fourth-order valence-corrected chi connectivity index (χ4v) is 2.93. The van der Waals surface area contributed by atoms with Gasteiger partial charge in [-0.2, -0.15) is 0 Å². The van der Waals surface area contributed by atoms with E-state index in [9.17, 15) is 9.90 Å². The molecule has 0 bridgehead atoms. The van der Waals surface area contributed by atoms with Crippen molar-refractivity contribution in [1.29, 1.82) is 0 Å². The molecule has 0 aliphatic heterocycles. The van der Waals surface area contributed by atoms with Crippen molar-refractivity contribution < 1.29 is 14.6 Å². The highest BCUT2D eigenvalue weighted by atomic mass is 16.5. The molecule has 2 heterocycles. The van der Waals surface area contributed by atoms with Crippen LogP contribution in [-0.2, 0) is 7.05 Å². The second-order valence-electron chi connectivity index (χ2n) is 6.38. The Kier molecular flexibility index (Phi) is 4.74. The summed E-state index contributed by atoms with van der Waals surface area (Å²) in [6.45, 7) is 0. The van der Waals surface area contributed by atoms with Crippen LogP contribution in [0.15, 0.2) is 60.8 Å². The number of fused-ring (bicyclic) bond motifs is 1. The van der Waals surface area contributed by atoms with Gasteiger partial charge in [-0.05, 0) is 30.3 Å². The number of ether oxygens (including phenoxy) is 1. The normalized spacial score (nSPS) is 10.7. The molecule has 0 atom stereocenters. The van der Waals surface area contributed by atoms with Gasteiger partial charge >= 0.3 is 0 Å². The van der Waals surface area contributed by atoms with Crippen LogP contribution in [0.5, 0.6) is 17.2 Å². The van der Waals surface area contributed by atoms with Gasteiger partial charge in [0.05, 0.1) is 11.0 Å². The Labute approximate surface area is 166 Å². The van der Waals surface area contributed by atoms with E-state index in [0.717, 1.165) is 16.7 Å². The van der Waals surface area contributed by atoms with Crippen LogP contribution in [0.3, 0.4) is 0 Å². The summed E-state index contributed by atoms with van der Waals surface area (Å²) in [5, 5.41) is 15.4. The van der Waals surface area contributed by atoms with E-state index >= 15 is 0 Å². The van der Waals surface area contributed by atoms with E-state index in [-0.39, 0.29) is 17.4 Å². The number of phenolic OH excluding ortho intramolecular Hbond substituents is 1. The lowest BCUT2D eigenvalue weighted by molar-refractivity contribution is 0.0958. The maximum atomic E-state index is 11.7. The average molecular weight is 389 g/mol. The number of anilines is 2. The van der Waals surface area contributed by atoms with E-state index < -0.39 is 0 Å². The summed E-state index contributed by atoms with van der Waals surface area (Å²) in [4.78, 5) is 20.4. The number of nitrogens with zero attached hydrogens (tertiary/aromatic N) is 3. The zero-order valence-electron chi connectivity index (χ0n) is 15.9. The molecular weight excluding hydrogens is 370 g/mol. The highest BCUT2D eigenvalue weighted by Crippen LogP contribution is 2.28. The van der Waals surface area contributed by atoms with Crippen LogP contribution in [0.4, 0.5) is 11.6 Å². The van der Waals surface area contributed by atoms with Gasteiger partial charge in [0.15, 0.2) is 0 Å². The zero-order valence-corrected chi connectivity index (χ0v) is 15.9. The molecule has 0 saturated carbocycles. The molecule has 4 rings (SSSR count). The maximum absolute atomic E-state index is 11.7. The molecule has 0 fully saturated rings. The summed E-state index contributed by atoms with van der Waals surface area (Å²) in [6, 6.07) is 15.7. The molecule has 29 heavy (non-hydrogen) atoms. The number of hydrogen-bond donors (Lipinski definition) is 3. The number of benzene rings is 2. The Morgan fingerprint density at radius 1 is 1.10 bits per heavy atom. The fraction of sp³-hybridized carbons (Fsp3) is 0.0952. The van der Waals surface area contributed by atoms with Gasteiger partial charge in [0, 0.05) is 44.2 Å². The van der Waals surface area contributed by atoms with Gasteiger partial charge < -0.3 is 25.0 Å². The largest absolute Gasteiger partial charge is 0.508 e. The number of aromatic hydroxyl groups is 1. The first-order chi connectivity index (χ1) is 14.0. The van der Waals surface area contributed by atoms with Crippen LogP contribution in [0.1, 0.15) is 10.5 Å². The number of nitrogens with one attached hydrogen (secondary N) is 2. The van der Waals surface area contributed by atoms with Gasteiger partial charge in [-0.25, -0.2) is 4.98 Å². The minimum atomic E-state index is -0.279. The van der Waals surface area contributed by atoms with Crippen LogP contribution in [0.2, 0.25) is 0 Å². The molecule has 2 aromatic heterocycles. The van der Waals surface area contributed by atoms with Crippen molar-refractivity contribution in [3.8, 4) is 17.2 Å². The molecule has 0 aliphatic rings. The van der Waals surface area contributed by atoms with E-state index in [0.29, 0.717) is 17.4 Å². The Balaban J connectivity index is 1.61. The molecule has 8 heteroatoms. The summed E-state index contributed by atoms with van der Waals surface area (Å²) in [5.74, 6) is 1.63. The molecule has 0 radical (unpaired) electrons. The number of rotatable bonds is 5. The minimum Gasteiger partial charge on any atom is -0.508 e. The topological polar surface area (TPSA) is 101 Å². The molecule has 3 N–H and O–H groups in total. The van der Waals surface area contributed by atoms with Crippen LogP contribution >= 0.6 is 0 Å². The highest BCUT2D eigenvalue weighted by molar-refractivity contribution is 5.92. The molecule has 4 aromatic rings. The smallest absolute Gasteiger partial charge is 0.269 e. The fourth-order valence-electron chi connectivity index (χ4n) is 2.93. The minimum absolute atomic E-state index is 0.179. The molecule has 0 saturated heterocycles. The Morgan fingerprint density at radius 3 is 2.72 bits per heavy atom. The van der Waals surface area contributed by atoms with E-state index in [1.807, 2.05) is 35.9 Å². The van der Waals surface area contributed by atoms with Crippen molar-refractivity contribution in [2.45, 2.75) is 0 Å². The summed E-state index contributed by atoms with van der Waals surface area (Å²) in [7, 11) is 3.45. The second-order valence-corrected chi connectivity index (χ2v) is 6.38. The standard InChI is InChI=1S/C21H19N5O3/c1-22-20(28)18-12-16(8-9-23-18)29-15-6-7-19-17(11-15)25-21(26(19)2)24-13-4-3-5-14(27)10-13/h3-12,27H,1-2H3,(H,22,28)(H,24,25). The SMILES string of the molecule is CNC(=O)c1cc(Oc2ccc3c(c2)nc(Nc2cccc(O)c2)n3C)ccn1. The van der Waals surface area contributed by atoms with E-state index in [1.54, 1.807) is 37.4 Å². The highest BCUT2D eigenvalue weighted by Gasteiger charge is 2.11. The first-order valence-corrected chi connectivity index (χ1v) is 8.92. The summed E-state index contributed by atoms with van der Waals surface area (Å²) in [5.41, 5.74) is 2.67.